The van der Waals surface area contributed by atoms with Crippen molar-refractivity contribution in [3.63, 3.8) is 0 Å². The number of carbonyl (C=O) groups is 2. The molecule has 1 saturated heterocycles. The van der Waals surface area contributed by atoms with Crippen LogP contribution in [0.15, 0.2) is 66.7 Å². The molecule has 1 amide bonds. The number of rotatable bonds is 5. The monoisotopic (exact) mass is 482 g/mol. The number of piperidine rings is 1. The minimum Gasteiger partial charge on any atom is -0.497 e. The zero-order chi connectivity index (χ0) is 25.2. The molecule has 3 aromatic carbocycles. The summed E-state index contributed by atoms with van der Waals surface area (Å²) in [5.74, 6) is 0.129. The summed E-state index contributed by atoms with van der Waals surface area (Å²) in [6.07, 6.45) is 3.06. The van der Waals surface area contributed by atoms with Gasteiger partial charge in [-0.1, -0.05) is 36.4 Å². The van der Waals surface area contributed by atoms with E-state index in [4.69, 9.17) is 14.5 Å². The van der Waals surface area contributed by atoms with Crippen LogP contribution in [0.25, 0.3) is 32.9 Å². The van der Waals surface area contributed by atoms with Gasteiger partial charge in [0.05, 0.1) is 23.9 Å². The number of likely N-dealkylation sites (tertiary alicyclic amines) is 1. The Morgan fingerprint density at radius 2 is 1.67 bits per heavy atom. The molecular weight excluding hydrogens is 452 g/mol. The average molecular weight is 483 g/mol. The number of methoxy groups -OCH3 is 1. The number of benzene rings is 3. The molecule has 6 heteroatoms. The van der Waals surface area contributed by atoms with E-state index in [0.29, 0.717) is 22.2 Å². The Balaban J connectivity index is 1.45. The number of ether oxygens (including phenoxy) is 2. The van der Waals surface area contributed by atoms with Crippen LogP contribution in [0.4, 0.5) is 0 Å². The molecule has 5 rings (SSSR count). The third-order valence-corrected chi connectivity index (χ3v) is 7.09. The van der Waals surface area contributed by atoms with Crippen molar-refractivity contribution < 1.29 is 19.1 Å². The molecule has 1 aliphatic rings. The van der Waals surface area contributed by atoms with E-state index in [1.807, 2.05) is 65.6 Å². The SMILES string of the molecule is COc1ccc2cc(-c3cc(C(=O)OCC(=O)N4C(C)CCCC4C)c4ccccc4n3)ccc2c1. The number of hydrogen-bond donors (Lipinski definition) is 0. The Bertz CT molecular complexity index is 1440. The Hall–Kier alpha value is -3.93. The van der Waals surface area contributed by atoms with E-state index in [0.717, 1.165) is 41.3 Å². The maximum absolute atomic E-state index is 13.2. The highest BCUT2D eigenvalue weighted by molar-refractivity contribution is 6.05. The highest BCUT2D eigenvalue weighted by atomic mass is 16.5. The van der Waals surface area contributed by atoms with Gasteiger partial charge in [0.2, 0.25) is 0 Å². The summed E-state index contributed by atoms with van der Waals surface area (Å²) in [4.78, 5) is 32.8. The van der Waals surface area contributed by atoms with Crippen molar-refractivity contribution in [1.82, 2.24) is 9.88 Å². The van der Waals surface area contributed by atoms with Crippen molar-refractivity contribution in [1.29, 1.82) is 0 Å². The van der Waals surface area contributed by atoms with Gasteiger partial charge in [-0.15, -0.1) is 0 Å². The number of nitrogens with zero attached hydrogens (tertiary/aromatic N) is 2. The van der Waals surface area contributed by atoms with Gasteiger partial charge in [-0.05, 0) is 74.2 Å². The molecule has 0 radical (unpaired) electrons. The molecule has 4 aromatic rings. The molecule has 2 heterocycles. The zero-order valence-corrected chi connectivity index (χ0v) is 20.9. The second kappa shape index (κ2) is 9.97. The summed E-state index contributed by atoms with van der Waals surface area (Å²) in [5.41, 5.74) is 2.65. The van der Waals surface area contributed by atoms with Gasteiger partial charge in [-0.3, -0.25) is 4.79 Å². The largest absolute Gasteiger partial charge is 0.497 e. The number of pyridine rings is 1. The topological polar surface area (TPSA) is 68.7 Å². The molecule has 0 saturated carbocycles. The number of carbonyl (C=O) groups excluding carboxylic acids is 2. The number of esters is 1. The summed E-state index contributed by atoms with van der Waals surface area (Å²) in [7, 11) is 1.65. The van der Waals surface area contributed by atoms with E-state index in [1.165, 1.54) is 0 Å². The standard InChI is InChI=1S/C30H30N2O4/c1-19-7-6-8-20(2)32(19)29(33)18-36-30(34)26-17-28(31-27-10-5-4-9-25(26)27)23-12-11-22-16-24(35-3)14-13-21(22)15-23/h4-5,9-17,19-20H,6-8,18H2,1-3H3. The summed E-state index contributed by atoms with van der Waals surface area (Å²) < 4.78 is 10.9. The van der Waals surface area contributed by atoms with Crippen LogP contribution in [-0.2, 0) is 9.53 Å². The fourth-order valence-electron chi connectivity index (χ4n) is 5.19. The summed E-state index contributed by atoms with van der Waals surface area (Å²) in [5, 5.41) is 2.80. The average Bonchev–Trinajstić information content (AvgIpc) is 2.90. The Morgan fingerprint density at radius 3 is 2.44 bits per heavy atom. The third kappa shape index (κ3) is 4.63. The smallest absolute Gasteiger partial charge is 0.339 e. The minimum absolute atomic E-state index is 0.147. The molecule has 36 heavy (non-hydrogen) atoms. The van der Waals surface area contributed by atoms with E-state index < -0.39 is 5.97 Å². The van der Waals surface area contributed by atoms with E-state index in [2.05, 4.69) is 13.8 Å². The maximum Gasteiger partial charge on any atom is 0.339 e. The maximum atomic E-state index is 13.2. The molecular formula is C30H30N2O4. The van der Waals surface area contributed by atoms with Crippen molar-refractivity contribution >= 4 is 33.6 Å². The van der Waals surface area contributed by atoms with Gasteiger partial charge in [-0.2, -0.15) is 0 Å². The lowest BCUT2D eigenvalue weighted by atomic mass is 9.97. The van der Waals surface area contributed by atoms with Gasteiger partial charge in [0, 0.05) is 23.0 Å². The highest BCUT2D eigenvalue weighted by Gasteiger charge is 2.29. The van der Waals surface area contributed by atoms with Crippen LogP contribution < -0.4 is 4.74 Å². The molecule has 0 spiro atoms. The molecule has 1 aromatic heterocycles. The fourth-order valence-corrected chi connectivity index (χ4v) is 5.19. The highest BCUT2D eigenvalue weighted by Crippen LogP contribution is 2.29. The van der Waals surface area contributed by atoms with Crippen molar-refractivity contribution in [3.05, 3.63) is 72.3 Å². The van der Waals surface area contributed by atoms with Crippen molar-refractivity contribution in [3.8, 4) is 17.0 Å². The van der Waals surface area contributed by atoms with Crippen molar-refractivity contribution in [2.75, 3.05) is 13.7 Å². The quantitative estimate of drug-likeness (QED) is 0.326. The van der Waals surface area contributed by atoms with E-state index in [-0.39, 0.29) is 24.6 Å². The second-order valence-electron chi connectivity index (χ2n) is 9.51. The zero-order valence-electron chi connectivity index (χ0n) is 20.9. The molecule has 1 fully saturated rings. The number of aromatic nitrogens is 1. The molecule has 6 nitrogen and oxygen atoms in total. The van der Waals surface area contributed by atoms with E-state index in [1.54, 1.807) is 13.2 Å². The van der Waals surface area contributed by atoms with Crippen LogP contribution in [-0.4, -0.2) is 47.6 Å². The van der Waals surface area contributed by atoms with Crippen LogP contribution in [0.3, 0.4) is 0 Å². The molecule has 1 aliphatic heterocycles. The Morgan fingerprint density at radius 1 is 0.944 bits per heavy atom. The van der Waals surface area contributed by atoms with Crippen molar-refractivity contribution in [2.45, 2.75) is 45.2 Å². The Kier molecular flexibility index (Phi) is 6.59. The number of amides is 1. The summed E-state index contributed by atoms with van der Waals surface area (Å²) in [6.45, 7) is 3.84. The molecule has 2 unspecified atom stereocenters. The van der Waals surface area contributed by atoms with Crippen LogP contribution in [0, 0.1) is 0 Å². The van der Waals surface area contributed by atoms with Crippen LogP contribution in [0.1, 0.15) is 43.5 Å². The van der Waals surface area contributed by atoms with Crippen LogP contribution >= 0.6 is 0 Å². The van der Waals surface area contributed by atoms with Gasteiger partial charge < -0.3 is 14.4 Å². The molecule has 2 atom stereocenters. The first-order valence-electron chi connectivity index (χ1n) is 12.4. The summed E-state index contributed by atoms with van der Waals surface area (Å²) in [6, 6.07) is 21.5. The van der Waals surface area contributed by atoms with Gasteiger partial charge in [0.25, 0.3) is 5.91 Å². The predicted molar refractivity (Wildman–Crippen MR) is 141 cm³/mol. The van der Waals surface area contributed by atoms with Gasteiger partial charge in [0.15, 0.2) is 6.61 Å². The lowest BCUT2D eigenvalue weighted by molar-refractivity contribution is -0.140. The third-order valence-electron chi connectivity index (χ3n) is 7.09. The first-order valence-corrected chi connectivity index (χ1v) is 12.4. The minimum atomic E-state index is -0.522. The number of fused-ring (bicyclic) bond motifs is 2. The normalized spacial score (nSPS) is 17.8. The Labute approximate surface area is 210 Å². The van der Waals surface area contributed by atoms with E-state index in [9.17, 15) is 9.59 Å². The molecule has 0 N–H and O–H groups in total. The molecule has 0 aliphatic carbocycles. The lowest BCUT2D eigenvalue weighted by Crippen LogP contribution is -2.49. The fraction of sp³-hybridized carbons (Fsp3) is 0.300. The van der Waals surface area contributed by atoms with Crippen LogP contribution in [0.2, 0.25) is 0 Å². The van der Waals surface area contributed by atoms with Gasteiger partial charge >= 0.3 is 5.97 Å². The summed E-state index contributed by atoms with van der Waals surface area (Å²) >= 11 is 0. The van der Waals surface area contributed by atoms with Crippen molar-refractivity contribution in [2.24, 2.45) is 0 Å². The van der Waals surface area contributed by atoms with Gasteiger partial charge in [0.1, 0.15) is 5.75 Å². The number of hydrogen-bond acceptors (Lipinski definition) is 5. The predicted octanol–water partition coefficient (Wildman–Crippen LogP) is 6.01. The first kappa shape index (κ1) is 23.8. The molecule has 0 bridgehead atoms. The first-order chi connectivity index (χ1) is 17.4. The molecule has 184 valence electrons. The lowest BCUT2D eigenvalue weighted by Gasteiger charge is -2.38. The van der Waals surface area contributed by atoms with Crippen LogP contribution in [0.5, 0.6) is 5.75 Å². The second-order valence-corrected chi connectivity index (χ2v) is 9.51. The van der Waals surface area contributed by atoms with E-state index >= 15 is 0 Å². The van der Waals surface area contributed by atoms with Gasteiger partial charge in [-0.25, -0.2) is 9.78 Å². The number of para-hydroxylation sites is 1.